The molecule has 4 rings (SSSR count). The minimum Gasteiger partial charge on any atom is -0.464 e. The molecular weight excluding hydrogens is 430 g/mol. The second kappa shape index (κ2) is 11.9. The maximum Gasteiger partial charge on any atom is 0.338 e. The molecule has 9 nitrogen and oxygen atoms in total. The quantitative estimate of drug-likeness (QED) is 0.293. The zero-order chi connectivity index (χ0) is 23.6. The lowest BCUT2D eigenvalue weighted by atomic mass is 10.0. The molecular formula is C25H31N7O2. The lowest BCUT2D eigenvalue weighted by Crippen LogP contribution is -2.08. The van der Waals surface area contributed by atoms with Crippen molar-refractivity contribution in [1.82, 2.24) is 35.4 Å². The molecule has 0 fully saturated rings. The van der Waals surface area contributed by atoms with Gasteiger partial charge in [-0.15, -0.1) is 15.2 Å². The van der Waals surface area contributed by atoms with Crippen LogP contribution >= 0.6 is 0 Å². The number of tetrazole rings is 1. The van der Waals surface area contributed by atoms with Crippen molar-refractivity contribution in [2.24, 2.45) is 0 Å². The number of rotatable bonds is 13. The number of benzene rings is 2. The van der Waals surface area contributed by atoms with Gasteiger partial charge in [-0.2, -0.15) is 0 Å². The molecule has 4 aromatic rings. The van der Waals surface area contributed by atoms with Gasteiger partial charge in [-0.3, -0.25) is 0 Å². The maximum atomic E-state index is 5.87. The first kappa shape index (κ1) is 23.4. The van der Waals surface area contributed by atoms with Crippen LogP contribution in [0, 0.1) is 0 Å². The van der Waals surface area contributed by atoms with Crippen molar-refractivity contribution in [3.8, 4) is 23.4 Å². The van der Waals surface area contributed by atoms with Crippen LogP contribution in [0.15, 0.2) is 48.5 Å². The predicted octanol–water partition coefficient (Wildman–Crippen LogP) is 4.46. The second-order valence-electron chi connectivity index (χ2n) is 8.18. The monoisotopic (exact) mass is 461 g/mol. The Kier molecular flexibility index (Phi) is 8.21. The fourth-order valence-electron chi connectivity index (χ4n) is 3.48. The smallest absolute Gasteiger partial charge is 0.338 e. The van der Waals surface area contributed by atoms with E-state index >= 15 is 0 Å². The lowest BCUT2D eigenvalue weighted by Gasteiger charge is -2.08. The van der Waals surface area contributed by atoms with Gasteiger partial charge < -0.3 is 9.47 Å². The van der Waals surface area contributed by atoms with Crippen molar-refractivity contribution in [3.63, 3.8) is 0 Å². The fraction of sp³-hybridized carbons (Fsp3) is 0.400. The molecule has 0 aliphatic heterocycles. The third-order valence-corrected chi connectivity index (χ3v) is 5.39. The van der Waals surface area contributed by atoms with Gasteiger partial charge in [0.25, 0.3) is 0 Å². The first-order chi connectivity index (χ1) is 16.7. The molecule has 1 N–H and O–H groups in total. The predicted molar refractivity (Wildman–Crippen MR) is 129 cm³/mol. The van der Waals surface area contributed by atoms with Crippen molar-refractivity contribution in [2.45, 2.75) is 52.5 Å². The molecule has 0 aliphatic rings. The Morgan fingerprint density at radius 2 is 1.65 bits per heavy atom. The third-order valence-electron chi connectivity index (χ3n) is 5.39. The number of hydrogen-bond acceptors (Lipinski definition) is 7. The summed E-state index contributed by atoms with van der Waals surface area (Å²) in [5.41, 5.74) is 4.50. The average Bonchev–Trinajstić information content (AvgIpc) is 3.52. The largest absolute Gasteiger partial charge is 0.464 e. The van der Waals surface area contributed by atoms with Crippen LogP contribution in [-0.4, -0.2) is 48.6 Å². The number of H-pyrrole nitrogens is 1. The molecule has 2 aromatic heterocycles. The summed E-state index contributed by atoms with van der Waals surface area (Å²) in [5.74, 6) is 0.667. The standard InChI is InChI=1S/C25H31N7O2/c1-3-5-14-33-24-26-25(34-15-6-4-2)32(29-24)18-20-12-10-19(11-13-20)16-21-8-7-9-22(17-21)23-27-30-31-28-23/h7-13,17H,3-6,14-16,18H2,1-2H3,(H,27,28,30,31). The van der Waals surface area contributed by atoms with Gasteiger partial charge in [0.15, 0.2) is 5.82 Å². The fourth-order valence-corrected chi connectivity index (χ4v) is 3.48. The van der Waals surface area contributed by atoms with Gasteiger partial charge >= 0.3 is 12.0 Å². The summed E-state index contributed by atoms with van der Waals surface area (Å²) in [5, 5.41) is 18.6. The first-order valence-electron chi connectivity index (χ1n) is 11.9. The molecule has 178 valence electrons. The van der Waals surface area contributed by atoms with Crippen molar-refractivity contribution in [3.05, 3.63) is 65.2 Å². The maximum absolute atomic E-state index is 5.87. The molecule has 0 aliphatic carbocycles. The van der Waals surface area contributed by atoms with Crippen LogP contribution < -0.4 is 9.47 Å². The molecule has 2 aromatic carbocycles. The highest BCUT2D eigenvalue weighted by Crippen LogP contribution is 2.20. The zero-order valence-corrected chi connectivity index (χ0v) is 19.8. The highest BCUT2D eigenvalue weighted by molar-refractivity contribution is 5.55. The summed E-state index contributed by atoms with van der Waals surface area (Å²) in [6.45, 7) is 6.06. The topological polar surface area (TPSA) is 104 Å². The van der Waals surface area contributed by atoms with Crippen molar-refractivity contribution in [2.75, 3.05) is 13.2 Å². The van der Waals surface area contributed by atoms with Crippen LogP contribution in [0.1, 0.15) is 56.2 Å². The Bertz CT molecular complexity index is 1140. The lowest BCUT2D eigenvalue weighted by molar-refractivity contribution is 0.267. The highest BCUT2D eigenvalue weighted by Gasteiger charge is 2.13. The summed E-state index contributed by atoms with van der Waals surface area (Å²) in [7, 11) is 0. The van der Waals surface area contributed by atoms with E-state index in [9.17, 15) is 0 Å². The van der Waals surface area contributed by atoms with Crippen molar-refractivity contribution >= 4 is 0 Å². The van der Waals surface area contributed by atoms with Gasteiger partial charge in [0.1, 0.15) is 0 Å². The summed E-state index contributed by atoms with van der Waals surface area (Å²) < 4.78 is 13.3. The Morgan fingerprint density at radius 3 is 2.38 bits per heavy atom. The minimum atomic E-state index is 0.374. The summed E-state index contributed by atoms with van der Waals surface area (Å²) in [4.78, 5) is 4.44. The van der Waals surface area contributed by atoms with E-state index in [2.05, 4.69) is 81.0 Å². The number of ether oxygens (including phenoxy) is 2. The van der Waals surface area contributed by atoms with E-state index in [0.717, 1.165) is 43.2 Å². The van der Waals surface area contributed by atoms with Crippen LogP contribution in [0.2, 0.25) is 0 Å². The Morgan fingerprint density at radius 1 is 0.882 bits per heavy atom. The van der Waals surface area contributed by atoms with E-state index in [1.165, 1.54) is 11.1 Å². The van der Waals surface area contributed by atoms with Crippen LogP contribution in [0.4, 0.5) is 0 Å². The van der Waals surface area contributed by atoms with E-state index in [1.54, 1.807) is 4.68 Å². The summed E-state index contributed by atoms with van der Waals surface area (Å²) >= 11 is 0. The Hall–Kier alpha value is -3.75. The van der Waals surface area contributed by atoms with Crippen LogP contribution in [0.25, 0.3) is 11.4 Å². The molecule has 9 heteroatoms. The average molecular weight is 462 g/mol. The normalized spacial score (nSPS) is 11.0. The molecule has 34 heavy (non-hydrogen) atoms. The number of unbranched alkanes of at least 4 members (excludes halogenated alkanes) is 2. The molecule has 2 heterocycles. The molecule has 0 amide bonds. The first-order valence-corrected chi connectivity index (χ1v) is 11.9. The van der Waals surface area contributed by atoms with Gasteiger partial charge in [0, 0.05) is 5.56 Å². The van der Waals surface area contributed by atoms with Crippen LogP contribution in [0.3, 0.4) is 0 Å². The van der Waals surface area contributed by atoms with Gasteiger partial charge in [0.05, 0.1) is 19.8 Å². The SMILES string of the molecule is CCCCOc1nc(OCCCC)n(Cc2ccc(Cc3cccc(-c4nnn[nH]4)c3)cc2)n1. The van der Waals surface area contributed by atoms with E-state index in [0.29, 0.717) is 37.6 Å². The number of hydrogen-bond donors (Lipinski definition) is 1. The van der Waals surface area contributed by atoms with Crippen molar-refractivity contribution < 1.29 is 9.47 Å². The second-order valence-corrected chi connectivity index (χ2v) is 8.18. The number of nitrogens with one attached hydrogen (secondary N) is 1. The van der Waals surface area contributed by atoms with Gasteiger partial charge in [-0.1, -0.05) is 69.2 Å². The van der Waals surface area contributed by atoms with E-state index in [-0.39, 0.29) is 0 Å². The summed E-state index contributed by atoms with van der Waals surface area (Å²) in [6, 6.07) is 17.6. The van der Waals surface area contributed by atoms with Crippen molar-refractivity contribution in [1.29, 1.82) is 0 Å². The molecule has 0 bridgehead atoms. The zero-order valence-electron chi connectivity index (χ0n) is 19.8. The van der Waals surface area contributed by atoms with Gasteiger partial charge in [0.2, 0.25) is 0 Å². The number of nitrogens with zero attached hydrogens (tertiary/aromatic N) is 6. The van der Waals surface area contributed by atoms with Crippen LogP contribution in [-0.2, 0) is 13.0 Å². The number of aromatic amines is 1. The van der Waals surface area contributed by atoms with E-state index in [1.807, 2.05) is 12.1 Å². The highest BCUT2D eigenvalue weighted by atomic mass is 16.5. The van der Waals surface area contributed by atoms with Gasteiger partial charge in [-0.05, 0) is 52.4 Å². The van der Waals surface area contributed by atoms with E-state index in [4.69, 9.17) is 9.47 Å². The minimum absolute atomic E-state index is 0.374. The number of aromatic nitrogens is 7. The molecule has 0 unspecified atom stereocenters. The molecule has 0 saturated heterocycles. The van der Waals surface area contributed by atoms with E-state index < -0.39 is 0 Å². The molecule has 0 spiro atoms. The van der Waals surface area contributed by atoms with Gasteiger partial charge in [-0.25, -0.2) is 9.78 Å². The molecule has 0 radical (unpaired) electrons. The summed E-state index contributed by atoms with van der Waals surface area (Å²) in [6.07, 6.45) is 4.89. The Labute approximate surface area is 199 Å². The van der Waals surface area contributed by atoms with Crippen LogP contribution in [0.5, 0.6) is 12.0 Å². The molecule has 0 saturated carbocycles. The third kappa shape index (κ3) is 6.40. The Balaban J connectivity index is 1.42. The molecule has 0 atom stereocenters.